The van der Waals surface area contributed by atoms with Gasteiger partial charge in [0.25, 0.3) is 0 Å². The summed E-state index contributed by atoms with van der Waals surface area (Å²) in [6, 6.07) is 16.0. The molecule has 1 aliphatic heterocycles. The maximum absolute atomic E-state index is 13.4. The van der Waals surface area contributed by atoms with Gasteiger partial charge >= 0.3 is 0 Å². The third-order valence-electron chi connectivity index (χ3n) is 6.87. The van der Waals surface area contributed by atoms with Crippen LogP contribution in [0.2, 0.25) is 0 Å². The highest BCUT2D eigenvalue weighted by Gasteiger charge is 2.26. The molecule has 2 aromatic rings. The van der Waals surface area contributed by atoms with Crippen molar-refractivity contribution in [1.29, 1.82) is 0 Å². The Kier molecular flexibility index (Phi) is 12.0. The molecular formula is C31H45N3O3. The van der Waals surface area contributed by atoms with Crippen molar-refractivity contribution in [3.05, 3.63) is 65.2 Å². The van der Waals surface area contributed by atoms with Crippen LogP contribution in [0.4, 0.5) is 5.69 Å². The van der Waals surface area contributed by atoms with Crippen LogP contribution >= 0.6 is 0 Å². The molecule has 0 unspecified atom stereocenters. The van der Waals surface area contributed by atoms with E-state index in [9.17, 15) is 14.4 Å². The maximum Gasteiger partial charge on any atom is 0.227 e. The number of hydrogen-bond donors (Lipinski definition) is 1. The number of anilines is 1. The van der Waals surface area contributed by atoms with E-state index in [4.69, 9.17) is 0 Å². The Balaban J connectivity index is 0.000000717. The molecule has 0 aliphatic carbocycles. The second-order valence-corrected chi connectivity index (χ2v) is 10.7. The third kappa shape index (κ3) is 9.77. The van der Waals surface area contributed by atoms with Crippen LogP contribution in [0.25, 0.3) is 0 Å². The lowest BCUT2D eigenvalue weighted by Gasteiger charge is -2.32. The minimum absolute atomic E-state index is 0.00270. The number of likely N-dealkylation sites (tertiary alicyclic amines) is 1. The predicted molar refractivity (Wildman–Crippen MR) is 151 cm³/mol. The van der Waals surface area contributed by atoms with Crippen LogP contribution in [-0.4, -0.2) is 54.1 Å². The Labute approximate surface area is 223 Å². The molecule has 202 valence electrons. The fourth-order valence-electron chi connectivity index (χ4n) is 4.07. The molecule has 37 heavy (non-hydrogen) atoms. The molecule has 2 amide bonds. The number of para-hydroxylation sites is 1. The normalized spacial score (nSPS) is 14.2. The topological polar surface area (TPSA) is 69.7 Å². The summed E-state index contributed by atoms with van der Waals surface area (Å²) in [5.74, 6) is 0.370. The van der Waals surface area contributed by atoms with Gasteiger partial charge in [-0.1, -0.05) is 75.7 Å². The second-order valence-electron chi connectivity index (χ2n) is 10.7. The molecule has 2 aromatic carbocycles. The molecule has 0 bridgehead atoms. The van der Waals surface area contributed by atoms with E-state index in [1.165, 1.54) is 24.0 Å². The van der Waals surface area contributed by atoms with Crippen molar-refractivity contribution < 1.29 is 14.4 Å². The average Bonchev–Trinajstić information content (AvgIpc) is 3.37. The highest BCUT2D eigenvalue weighted by molar-refractivity contribution is 5.93. The number of rotatable bonds is 9. The summed E-state index contributed by atoms with van der Waals surface area (Å²) in [6.45, 7) is 14.2. The Morgan fingerprint density at radius 3 is 2.14 bits per heavy atom. The Morgan fingerprint density at radius 2 is 1.57 bits per heavy atom. The van der Waals surface area contributed by atoms with E-state index in [0.717, 1.165) is 30.9 Å². The monoisotopic (exact) mass is 507 g/mol. The molecule has 1 fully saturated rings. The molecule has 1 atom stereocenters. The second kappa shape index (κ2) is 14.7. The van der Waals surface area contributed by atoms with E-state index in [0.29, 0.717) is 0 Å². The zero-order valence-electron chi connectivity index (χ0n) is 23.7. The number of amides is 2. The lowest BCUT2D eigenvalue weighted by atomic mass is 10.0. The molecule has 6 heteroatoms. The lowest BCUT2D eigenvalue weighted by molar-refractivity contribution is -0.131. The number of carbonyl (C=O) groups is 3. The van der Waals surface area contributed by atoms with E-state index in [2.05, 4.69) is 41.4 Å². The SMILES string of the molecule is CC(=O)C(C)C.Cc1cccc([C@@H](CN2CCCC2)N(C)C(=O)Cc2ccccc2NC(=O)C(C)C)c1. The number of benzene rings is 2. The highest BCUT2D eigenvalue weighted by Crippen LogP contribution is 2.26. The van der Waals surface area contributed by atoms with Crippen molar-refractivity contribution in [1.82, 2.24) is 9.80 Å². The highest BCUT2D eigenvalue weighted by atomic mass is 16.2. The van der Waals surface area contributed by atoms with Gasteiger partial charge in [0.05, 0.1) is 12.5 Å². The van der Waals surface area contributed by atoms with Gasteiger partial charge in [0.15, 0.2) is 0 Å². The Hall–Kier alpha value is -2.99. The average molecular weight is 508 g/mol. The van der Waals surface area contributed by atoms with Crippen LogP contribution in [0.3, 0.4) is 0 Å². The largest absolute Gasteiger partial charge is 0.337 e. The summed E-state index contributed by atoms with van der Waals surface area (Å²) in [4.78, 5) is 40.0. The number of aryl methyl sites for hydroxylation is 1. The molecule has 1 aliphatic rings. The first kappa shape index (κ1) is 30.2. The Bertz CT molecular complexity index is 1040. The first-order chi connectivity index (χ1) is 17.5. The lowest BCUT2D eigenvalue weighted by Crippen LogP contribution is -2.39. The zero-order chi connectivity index (χ0) is 27.5. The fourth-order valence-corrected chi connectivity index (χ4v) is 4.07. The molecule has 0 saturated carbocycles. The minimum Gasteiger partial charge on any atom is -0.337 e. The van der Waals surface area contributed by atoms with Gasteiger partial charge in [0.1, 0.15) is 5.78 Å². The van der Waals surface area contributed by atoms with Crippen LogP contribution in [0.1, 0.15) is 70.2 Å². The quantitative estimate of drug-likeness (QED) is 0.476. The van der Waals surface area contributed by atoms with Gasteiger partial charge in [-0.2, -0.15) is 0 Å². The molecule has 1 saturated heterocycles. The molecule has 1 heterocycles. The van der Waals surface area contributed by atoms with Gasteiger partial charge in [0, 0.05) is 31.1 Å². The Morgan fingerprint density at radius 1 is 0.946 bits per heavy atom. The number of ketones is 1. The van der Waals surface area contributed by atoms with Gasteiger partial charge in [-0.25, -0.2) is 0 Å². The van der Waals surface area contributed by atoms with Crippen molar-refractivity contribution in [2.45, 2.75) is 66.8 Å². The number of likely N-dealkylation sites (N-methyl/N-ethyl adjacent to an activating group) is 1. The molecule has 0 radical (unpaired) electrons. The molecule has 3 rings (SSSR count). The van der Waals surface area contributed by atoms with Crippen LogP contribution in [0, 0.1) is 18.8 Å². The molecule has 6 nitrogen and oxygen atoms in total. The van der Waals surface area contributed by atoms with E-state index >= 15 is 0 Å². The van der Waals surface area contributed by atoms with Gasteiger partial charge in [0.2, 0.25) is 11.8 Å². The van der Waals surface area contributed by atoms with Gasteiger partial charge < -0.3 is 15.1 Å². The van der Waals surface area contributed by atoms with E-state index in [-0.39, 0.29) is 41.9 Å². The maximum atomic E-state index is 13.4. The first-order valence-electron chi connectivity index (χ1n) is 13.4. The summed E-state index contributed by atoms with van der Waals surface area (Å²) in [5, 5.41) is 2.96. The number of Topliss-reactive ketones (excluding diaryl/α,β-unsaturated/α-hetero) is 1. The first-order valence-corrected chi connectivity index (χ1v) is 13.4. The van der Waals surface area contributed by atoms with Gasteiger partial charge in [-0.05, 0) is 57.0 Å². The number of hydrogen-bond acceptors (Lipinski definition) is 4. The van der Waals surface area contributed by atoms with Gasteiger partial charge in [-0.15, -0.1) is 0 Å². The van der Waals surface area contributed by atoms with E-state index in [1.807, 2.05) is 63.9 Å². The summed E-state index contributed by atoms with van der Waals surface area (Å²) < 4.78 is 0. The number of nitrogens with zero attached hydrogens (tertiary/aromatic N) is 2. The van der Waals surface area contributed by atoms with E-state index < -0.39 is 0 Å². The van der Waals surface area contributed by atoms with Crippen molar-refractivity contribution in [2.24, 2.45) is 11.8 Å². The summed E-state index contributed by atoms with van der Waals surface area (Å²) in [6.07, 6.45) is 2.70. The number of nitrogens with one attached hydrogen (secondary N) is 1. The van der Waals surface area contributed by atoms with Crippen molar-refractivity contribution in [3.8, 4) is 0 Å². The predicted octanol–water partition coefficient (Wildman–Crippen LogP) is 5.66. The molecule has 1 N–H and O–H groups in total. The fraction of sp³-hybridized carbons (Fsp3) is 0.516. The standard InChI is InChI=1S/C26H35N3O2.C5H10O/c1-19(2)26(31)27-23-13-6-5-11-21(23)17-25(30)28(4)24(18-29-14-7-8-15-29)22-12-9-10-20(3)16-22;1-4(2)5(3)6/h5-6,9-13,16,19,24H,7-8,14-15,17-18H2,1-4H3,(H,27,31);4H,1-3H3/t24-;/m1./s1. The van der Waals surface area contributed by atoms with Crippen LogP contribution < -0.4 is 5.32 Å². The molecular weight excluding hydrogens is 462 g/mol. The molecule has 0 spiro atoms. The van der Waals surface area contributed by atoms with Crippen molar-refractivity contribution >= 4 is 23.3 Å². The van der Waals surface area contributed by atoms with Gasteiger partial charge in [-0.3, -0.25) is 14.4 Å². The van der Waals surface area contributed by atoms with Crippen LogP contribution in [-0.2, 0) is 20.8 Å². The minimum atomic E-state index is -0.113. The van der Waals surface area contributed by atoms with Crippen molar-refractivity contribution in [3.63, 3.8) is 0 Å². The summed E-state index contributed by atoms with van der Waals surface area (Å²) >= 11 is 0. The zero-order valence-corrected chi connectivity index (χ0v) is 23.7. The molecule has 0 aromatic heterocycles. The van der Waals surface area contributed by atoms with Crippen molar-refractivity contribution in [2.75, 3.05) is 32.0 Å². The van der Waals surface area contributed by atoms with Crippen LogP contribution in [0.15, 0.2) is 48.5 Å². The number of carbonyl (C=O) groups excluding carboxylic acids is 3. The van der Waals surface area contributed by atoms with E-state index in [1.54, 1.807) is 6.92 Å². The third-order valence-corrected chi connectivity index (χ3v) is 6.87. The smallest absolute Gasteiger partial charge is 0.227 e. The summed E-state index contributed by atoms with van der Waals surface area (Å²) in [7, 11) is 1.90. The van der Waals surface area contributed by atoms with Crippen LogP contribution in [0.5, 0.6) is 0 Å². The summed E-state index contributed by atoms with van der Waals surface area (Å²) in [5.41, 5.74) is 3.93.